The highest BCUT2D eigenvalue weighted by molar-refractivity contribution is 9.10. The fourth-order valence-electron chi connectivity index (χ4n) is 1.47. The Morgan fingerprint density at radius 3 is 2.88 bits per heavy atom. The van der Waals surface area contributed by atoms with Crippen LogP contribution in [0.1, 0.15) is 10.4 Å². The predicted octanol–water partition coefficient (Wildman–Crippen LogP) is 0.885. The molecule has 0 aromatic carbocycles. The second-order valence-corrected chi connectivity index (χ2v) is 6.26. The van der Waals surface area contributed by atoms with Crippen LogP contribution in [0.3, 0.4) is 0 Å². The van der Waals surface area contributed by atoms with Gasteiger partial charge < -0.3 is 5.32 Å². The Morgan fingerprint density at radius 2 is 2.29 bits per heavy atom. The minimum atomic E-state index is -3.16. The summed E-state index contributed by atoms with van der Waals surface area (Å²) in [5.41, 5.74) is 0.380. The minimum Gasteiger partial charge on any atom is -0.345 e. The highest BCUT2D eigenvalue weighted by atomic mass is 79.9. The SMILES string of the molecule is O=C(NC1C=CS(=O)(=O)C1)c1cccnc1Br. The third-order valence-electron chi connectivity index (χ3n) is 2.25. The monoisotopic (exact) mass is 316 g/mol. The van der Waals surface area contributed by atoms with Crippen molar-refractivity contribution < 1.29 is 13.2 Å². The summed E-state index contributed by atoms with van der Waals surface area (Å²) in [6, 6.07) is 2.78. The van der Waals surface area contributed by atoms with Gasteiger partial charge in [-0.15, -0.1) is 0 Å². The number of amides is 1. The quantitative estimate of drug-likeness (QED) is 0.822. The molecule has 0 fully saturated rings. The summed E-state index contributed by atoms with van der Waals surface area (Å²) in [7, 11) is -3.16. The summed E-state index contributed by atoms with van der Waals surface area (Å²) < 4.78 is 22.8. The number of halogens is 1. The van der Waals surface area contributed by atoms with E-state index in [4.69, 9.17) is 0 Å². The molecule has 1 aromatic heterocycles. The van der Waals surface area contributed by atoms with Crippen LogP contribution in [0.25, 0.3) is 0 Å². The maximum absolute atomic E-state index is 11.8. The molecular weight excluding hydrogens is 308 g/mol. The van der Waals surface area contributed by atoms with Gasteiger partial charge in [0.2, 0.25) is 0 Å². The largest absolute Gasteiger partial charge is 0.345 e. The lowest BCUT2D eigenvalue weighted by Crippen LogP contribution is -2.35. The molecule has 1 unspecified atom stereocenters. The van der Waals surface area contributed by atoms with E-state index in [0.717, 1.165) is 5.41 Å². The van der Waals surface area contributed by atoms with Crippen LogP contribution in [0.4, 0.5) is 0 Å². The van der Waals surface area contributed by atoms with Crippen LogP contribution in [0.15, 0.2) is 34.4 Å². The van der Waals surface area contributed by atoms with Gasteiger partial charge in [0.1, 0.15) is 4.60 Å². The van der Waals surface area contributed by atoms with Crippen molar-refractivity contribution >= 4 is 31.7 Å². The van der Waals surface area contributed by atoms with Gasteiger partial charge in [-0.2, -0.15) is 0 Å². The van der Waals surface area contributed by atoms with E-state index in [-0.39, 0.29) is 11.7 Å². The highest BCUT2D eigenvalue weighted by Crippen LogP contribution is 2.14. The number of nitrogens with zero attached hydrogens (tertiary/aromatic N) is 1. The van der Waals surface area contributed by atoms with Crippen LogP contribution < -0.4 is 5.32 Å². The maximum atomic E-state index is 11.8. The van der Waals surface area contributed by atoms with E-state index >= 15 is 0 Å². The normalized spacial score (nSPS) is 21.4. The molecule has 1 amide bonds. The average molecular weight is 317 g/mol. The van der Waals surface area contributed by atoms with Gasteiger partial charge in [0.05, 0.1) is 17.4 Å². The molecular formula is C10H9BrN2O3S. The molecule has 0 aliphatic carbocycles. The van der Waals surface area contributed by atoms with E-state index in [2.05, 4.69) is 26.2 Å². The maximum Gasteiger partial charge on any atom is 0.254 e. The van der Waals surface area contributed by atoms with E-state index in [1.54, 1.807) is 18.3 Å². The number of aromatic nitrogens is 1. The lowest BCUT2D eigenvalue weighted by molar-refractivity contribution is 0.0946. The molecule has 90 valence electrons. The second-order valence-electron chi connectivity index (χ2n) is 3.58. The molecule has 1 atom stereocenters. The molecule has 0 bridgehead atoms. The lowest BCUT2D eigenvalue weighted by Gasteiger charge is -2.10. The molecule has 0 radical (unpaired) electrons. The first kappa shape index (κ1) is 12.3. The molecule has 5 nitrogen and oxygen atoms in total. The molecule has 0 spiro atoms. The van der Waals surface area contributed by atoms with Crippen LogP contribution in [0, 0.1) is 0 Å². The smallest absolute Gasteiger partial charge is 0.254 e. The number of carbonyl (C=O) groups is 1. The number of carbonyl (C=O) groups excluding carboxylic acids is 1. The standard InChI is InChI=1S/C10H9BrN2O3S/c11-9-8(2-1-4-12-9)10(14)13-7-3-5-17(15,16)6-7/h1-5,7H,6H2,(H,13,14). The molecule has 0 saturated heterocycles. The van der Waals surface area contributed by atoms with Gasteiger partial charge in [0, 0.05) is 11.6 Å². The van der Waals surface area contributed by atoms with E-state index in [9.17, 15) is 13.2 Å². The van der Waals surface area contributed by atoms with Crippen LogP contribution in [-0.4, -0.2) is 31.1 Å². The van der Waals surface area contributed by atoms with Crippen LogP contribution in [0.5, 0.6) is 0 Å². The first-order valence-corrected chi connectivity index (χ1v) is 7.31. The van der Waals surface area contributed by atoms with Crippen molar-refractivity contribution in [2.45, 2.75) is 6.04 Å². The molecule has 1 N–H and O–H groups in total. The Balaban J connectivity index is 2.09. The van der Waals surface area contributed by atoms with E-state index in [0.29, 0.717) is 10.2 Å². The molecule has 1 aliphatic rings. The van der Waals surface area contributed by atoms with Crippen molar-refractivity contribution in [3.8, 4) is 0 Å². The molecule has 7 heteroatoms. The van der Waals surface area contributed by atoms with Crippen LogP contribution in [-0.2, 0) is 9.84 Å². The zero-order chi connectivity index (χ0) is 12.5. The fourth-order valence-corrected chi connectivity index (χ4v) is 3.13. The summed E-state index contributed by atoms with van der Waals surface area (Å²) in [6.45, 7) is 0. The summed E-state index contributed by atoms with van der Waals surface area (Å²) in [5, 5.41) is 3.74. The zero-order valence-corrected chi connectivity index (χ0v) is 11.0. The number of pyridine rings is 1. The van der Waals surface area contributed by atoms with Crippen molar-refractivity contribution in [3.63, 3.8) is 0 Å². The number of nitrogens with one attached hydrogen (secondary N) is 1. The summed E-state index contributed by atoms with van der Waals surface area (Å²) >= 11 is 3.16. The van der Waals surface area contributed by atoms with Gasteiger partial charge in [0.25, 0.3) is 5.91 Å². The van der Waals surface area contributed by atoms with Crippen molar-refractivity contribution in [3.05, 3.63) is 40.0 Å². The topological polar surface area (TPSA) is 76.1 Å². The number of hydrogen-bond donors (Lipinski definition) is 1. The Kier molecular flexibility index (Phi) is 3.30. The molecule has 17 heavy (non-hydrogen) atoms. The van der Waals surface area contributed by atoms with E-state index in [1.165, 1.54) is 6.08 Å². The van der Waals surface area contributed by atoms with Crippen LogP contribution >= 0.6 is 15.9 Å². The third-order valence-corrected chi connectivity index (χ3v) is 4.28. The van der Waals surface area contributed by atoms with Crippen molar-refractivity contribution in [2.24, 2.45) is 0 Å². The Hall–Kier alpha value is -1.21. The Labute approximate surface area is 107 Å². The molecule has 2 rings (SSSR count). The Bertz CT molecular complexity index is 583. The average Bonchev–Trinajstić information content (AvgIpc) is 2.58. The number of hydrogen-bond acceptors (Lipinski definition) is 4. The number of rotatable bonds is 2. The predicted molar refractivity (Wildman–Crippen MR) is 66.1 cm³/mol. The first-order valence-electron chi connectivity index (χ1n) is 4.80. The lowest BCUT2D eigenvalue weighted by atomic mass is 10.2. The Morgan fingerprint density at radius 1 is 1.53 bits per heavy atom. The fraction of sp³-hybridized carbons (Fsp3) is 0.200. The minimum absolute atomic E-state index is 0.0867. The van der Waals surface area contributed by atoms with Gasteiger partial charge in [-0.1, -0.05) is 0 Å². The summed E-state index contributed by atoms with van der Waals surface area (Å²) in [6.07, 6.45) is 3.03. The molecule has 1 aromatic rings. The van der Waals surface area contributed by atoms with Gasteiger partial charge >= 0.3 is 0 Å². The summed E-state index contributed by atoms with van der Waals surface area (Å²) in [4.78, 5) is 15.7. The molecule has 1 aliphatic heterocycles. The van der Waals surface area contributed by atoms with Crippen molar-refractivity contribution in [2.75, 3.05) is 5.75 Å². The highest BCUT2D eigenvalue weighted by Gasteiger charge is 2.24. The first-order chi connectivity index (χ1) is 7.98. The number of sulfone groups is 1. The van der Waals surface area contributed by atoms with Gasteiger partial charge in [-0.05, 0) is 34.1 Å². The second kappa shape index (κ2) is 4.58. The van der Waals surface area contributed by atoms with Gasteiger partial charge in [-0.3, -0.25) is 4.79 Å². The molecule has 2 heterocycles. The van der Waals surface area contributed by atoms with E-state index < -0.39 is 15.9 Å². The molecule has 0 saturated carbocycles. The van der Waals surface area contributed by atoms with E-state index in [1.807, 2.05) is 0 Å². The van der Waals surface area contributed by atoms with Gasteiger partial charge in [0.15, 0.2) is 9.84 Å². The zero-order valence-electron chi connectivity index (χ0n) is 8.63. The van der Waals surface area contributed by atoms with Crippen LogP contribution in [0.2, 0.25) is 0 Å². The van der Waals surface area contributed by atoms with Crippen molar-refractivity contribution in [1.29, 1.82) is 0 Å². The van der Waals surface area contributed by atoms with Crippen molar-refractivity contribution in [1.82, 2.24) is 10.3 Å². The van der Waals surface area contributed by atoms with Gasteiger partial charge in [-0.25, -0.2) is 13.4 Å². The summed E-state index contributed by atoms with van der Waals surface area (Å²) in [5.74, 6) is -0.437. The third kappa shape index (κ3) is 2.92.